The molecule has 1 heterocycles. The van der Waals surface area contributed by atoms with Crippen molar-refractivity contribution in [2.45, 2.75) is 0 Å². The van der Waals surface area contributed by atoms with Crippen LogP contribution in [0.25, 0.3) is 6.08 Å². The number of methoxy groups -OCH3 is 4. The number of benzene rings is 2. The van der Waals surface area contributed by atoms with Gasteiger partial charge in [-0.05, 0) is 45.8 Å². The normalized spacial score (nSPS) is 13.4. The summed E-state index contributed by atoms with van der Waals surface area (Å²) in [7, 11) is 5.75. The monoisotopic (exact) mass is 560 g/mol. The van der Waals surface area contributed by atoms with E-state index in [1.54, 1.807) is 17.0 Å². The van der Waals surface area contributed by atoms with Gasteiger partial charge in [-0.3, -0.25) is 4.79 Å². The van der Waals surface area contributed by atoms with Gasteiger partial charge in [0.25, 0.3) is 5.91 Å². The number of hydrogen-bond donors (Lipinski definition) is 0. The SMILES string of the molecule is COc1cc(/C=C(\C#N)C(=O)N2CCOCC2)ccc1OC(=O)c1cc(OC)c(OC)c(OC)c1Br. The highest BCUT2D eigenvalue weighted by atomic mass is 79.9. The fourth-order valence-electron chi connectivity index (χ4n) is 3.53. The number of esters is 1. The van der Waals surface area contributed by atoms with E-state index in [1.165, 1.54) is 46.6 Å². The van der Waals surface area contributed by atoms with Crippen molar-refractivity contribution in [3.05, 3.63) is 45.4 Å². The summed E-state index contributed by atoms with van der Waals surface area (Å²) >= 11 is 3.36. The summed E-state index contributed by atoms with van der Waals surface area (Å²) in [6, 6.07) is 8.11. The maximum absolute atomic E-state index is 13.0. The van der Waals surface area contributed by atoms with Crippen molar-refractivity contribution in [2.24, 2.45) is 0 Å². The van der Waals surface area contributed by atoms with Crippen molar-refractivity contribution in [2.75, 3.05) is 54.7 Å². The van der Waals surface area contributed by atoms with Gasteiger partial charge >= 0.3 is 5.97 Å². The Kier molecular flexibility index (Phi) is 9.16. The molecule has 11 heteroatoms. The van der Waals surface area contributed by atoms with Gasteiger partial charge in [0.1, 0.15) is 11.6 Å². The molecular weight excluding hydrogens is 536 g/mol. The van der Waals surface area contributed by atoms with Crippen LogP contribution in [0.2, 0.25) is 0 Å². The lowest BCUT2D eigenvalue weighted by atomic mass is 10.1. The van der Waals surface area contributed by atoms with Crippen LogP contribution in [0, 0.1) is 11.3 Å². The Morgan fingerprint density at radius 1 is 0.972 bits per heavy atom. The number of morpholine rings is 1. The summed E-state index contributed by atoms with van der Waals surface area (Å²) < 4.78 is 32.6. The van der Waals surface area contributed by atoms with E-state index >= 15 is 0 Å². The zero-order chi connectivity index (χ0) is 26.2. The minimum absolute atomic E-state index is 0.0231. The van der Waals surface area contributed by atoms with E-state index in [0.717, 1.165) is 0 Å². The molecule has 1 aliphatic heterocycles. The summed E-state index contributed by atoms with van der Waals surface area (Å²) in [5.74, 6) is 0.161. The molecule has 0 bridgehead atoms. The third-order valence-corrected chi connectivity index (χ3v) is 6.13. The predicted octanol–water partition coefficient (Wildman–Crippen LogP) is 3.47. The first-order valence-electron chi connectivity index (χ1n) is 10.8. The molecule has 0 atom stereocenters. The topological polar surface area (TPSA) is 117 Å². The van der Waals surface area contributed by atoms with E-state index in [2.05, 4.69) is 15.9 Å². The Morgan fingerprint density at radius 3 is 2.22 bits per heavy atom. The van der Waals surface area contributed by atoms with Gasteiger partial charge in [-0.25, -0.2) is 4.79 Å². The molecule has 10 nitrogen and oxygen atoms in total. The third kappa shape index (κ3) is 5.72. The maximum Gasteiger partial charge on any atom is 0.345 e. The molecule has 2 aromatic carbocycles. The molecule has 0 radical (unpaired) electrons. The summed E-state index contributed by atoms with van der Waals surface area (Å²) in [5, 5.41) is 9.53. The molecule has 0 aliphatic carbocycles. The number of carbonyl (C=O) groups excluding carboxylic acids is 2. The van der Waals surface area contributed by atoms with Gasteiger partial charge < -0.3 is 33.3 Å². The first kappa shape index (κ1) is 26.8. The standard InChI is InChI=1S/C25H25BrN2O8/c1-31-19-12-15(11-16(14-27)24(29)28-7-9-35-10-8-28)5-6-18(19)36-25(30)17-13-20(32-2)22(33-3)23(34-4)21(17)26/h5-6,11-13H,7-10H2,1-4H3/b16-11+. The smallest absolute Gasteiger partial charge is 0.345 e. The molecule has 0 spiro atoms. The molecule has 0 saturated carbocycles. The largest absolute Gasteiger partial charge is 0.493 e. The van der Waals surface area contributed by atoms with Gasteiger partial charge in [0.05, 0.1) is 51.7 Å². The Bertz CT molecular complexity index is 1220. The molecular formula is C25H25BrN2O8. The number of hydrogen-bond acceptors (Lipinski definition) is 9. The van der Waals surface area contributed by atoms with Gasteiger partial charge in [0.2, 0.25) is 5.75 Å². The second-order valence-electron chi connectivity index (χ2n) is 7.38. The summed E-state index contributed by atoms with van der Waals surface area (Å²) in [6.45, 7) is 1.71. The van der Waals surface area contributed by atoms with Crippen LogP contribution in [0.4, 0.5) is 0 Å². The lowest BCUT2D eigenvalue weighted by Crippen LogP contribution is -2.41. The van der Waals surface area contributed by atoms with Crippen molar-refractivity contribution in [3.8, 4) is 34.8 Å². The van der Waals surface area contributed by atoms with Crippen LogP contribution in [0.15, 0.2) is 34.3 Å². The van der Waals surface area contributed by atoms with Crippen molar-refractivity contribution < 1.29 is 38.0 Å². The second kappa shape index (κ2) is 12.3. The Labute approximate surface area is 217 Å². The van der Waals surface area contributed by atoms with Gasteiger partial charge in [-0.1, -0.05) is 6.07 Å². The highest BCUT2D eigenvalue weighted by molar-refractivity contribution is 9.10. The molecule has 0 unspecified atom stereocenters. The summed E-state index contributed by atoms with van der Waals surface area (Å²) in [5.41, 5.74) is 0.641. The minimum Gasteiger partial charge on any atom is -0.493 e. The molecule has 1 saturated heterocycles. The number of carbonyl (C=O) groups is 2. The minimum atomic E-state index is -0.706. The van der Waals surface area contributed by atoms with E-state index in [9.17, 15) is 14.9 Å². The zero-order valence-electron chi connectivity index (χ0n) is 20.3. The van der Waals surface area contributed by atoms with Gasteiger partial charge in [0.15, 0.2) is 23.0 Å². The van der Waals surface area contributed by atoms with E-state index in [4.69, 9.17) is 28.4 Å². The van der Waals surface area contributed by atoms with E-state index in [0.29, 0.717) is 42.1 Å². The number of nitrogens with zero attached hydrogens (tertiary/aromatic N) is 2. The van der Waals surface area contributed by atoms with Crippen molar-refractivity contribution in [3.63, 3.8) is 0 Å². The number of nitriles is 1. The van der Waals surface area contributed by atoms with Crippen molar-refractivity contribution >= 4 is 33.9 Å². The molecule has 0 N–H and O–H groups in total. The Balaban J connectivity index is 1.89. The quantitative estimate of drug-likeness (QED) is 0.207. The van der Waals surface area contributed by atoms with Gasteiger partial charge in [-0.2, -0.15) is 5.26 Å². The second-order valence-corrected chi connectivity index (χ2v) is 8.17. The average molecular weight is 561 g/mol. The molecule has 1 fully saturated rings. The van der Waals surface area contributed by atoms with Crippen LogP contribution >= 0.6 is 15.9 Å². The van der Waals surface area contributed by atoms with Crippen LogP contribution in [0.3, 0.4) is 0 Å². The maximum atomic E-state index is 13.0. The zero-order valence-corrected chi connectivity index (χ0v) is 21.8. The number of amides is 1. The number of ether oxygens (including phenoxy) is 6. The van der Waals surface area contributed by atoms with Crippen LogP contribution in [0.5, 0.6) is 28.7 Å². The molecule has 190 valence electrons. The third-order valence-electron chi connectivity index (χ3n) is 5.34. The first-order chi connectivity index (χ1) is 17.4. The molecule has 1 aliphatic rings. The highest BCUT2D eigenvalue weighted by Crippen LogP contribution is 2.45. The highest BCUT2D eigenvalue weighted by Gasteiger charge is 2.25. The van der Waals surface area contributed by atoms with Crippen molar-refractivity contribution in [1.82, 2.24) is 4.90 Å². The average Bonchev–Trinajstić information content (AvgIpc) is 2.91. The predicted molar refractivity (Wildman–Crippen MR) is 133 cm³/mol. The Hall–Kier alpha value is -3.75. The van der Waals surface area contributed by atoms with Gasteiger partial charge in [-0.15, -0.1) is 0 Å². The van der Waals surface area contributed by atoms with Crippen LogP contribution < -0.4 is 23.7 Å². The lowest BCUT2D eigenvalue weighted by molar-refractivity contribution is -0.130. The fraction of sp³-hybridized carbons (Fsp3) is 0.320. The molecule has 36 heavy (non-hydrogen) atoms. The first-order valence-corrected chi connectivity index (χ1v) is 11.5. The van der Waals surface area contributed by atoms with E-state index in [1.807, 2.05) is 6.07 Å². The molecule has 1 amide bonds. The summed E-state index contributed by atoms with van der Waals surface area (Å²) in [6.07, 6.45) is 1.46. The van der Waals surface area contributed by atoms with E-state index in [-0.39, 0.29) is 40.0 Å². The van der Waals surface area contributed by atoms with E-state index < -0.39 is 5.97 Å². The summed E-state index contributed by atoms with van der Waals surface area (Å²) in [4.78, 5) is 27.3. The Morgan fingerprint density at radius 2 is 1.64 bits per heavy atom. The number of rotatable bonds is 8. The lowest BCUT2D eigenvalue weighted by Gasteiger charge is -2.26. The fourth-order valence-corrected chi connectivity index (χ4v) is 4.15. The number of halogens is 1. The molecule has 2 aromatic rings. The van der Waals surface area contributed by atoms with Crippen molar-refractivity contribution in [1.29, 1.82) is 5.26 Å². The van der Waals surface area contributed by atoms with Gasteiger partial charge in [0, 0.05) is 13.1 Å². The van der Waals surface area contributed by atoms with Crippen LogP contribution in [0.1, 0.15) is 15.9 Å². The van der Waals surface area contributed by atoms with Crippen LogP contribution in [-0.4, -0.2) is 71.5 Å². The molecule has 0 aromatic heterocycles. The molecule has 3 rings (SSSR count). The van der Waals surface area contributed by atoms with Crippen LogP contribution in [-0.2, 0) is 9.53 Å².